The lowest BCUT2D eigenvalue weighted by Crippen LogP contribution is -2.54. The molecule has 0 unspecified atom stereocenters. The minimum Gasteiger partial charge on any atom is -0.488 e. The number of imide groups is 2. The number of benzene rings is 6. The van der Waals surface area contributed by atoms with E-state index in [2.05, 4.69) is 92.9 Å². The number of nitrogens with one attached hydrogen (secondary N) is 1. The lowest BCUT2D eigenvalue weighted by molar-refractivity contribution is -0.122. The molecule has 2 atom stereocenters. The second-order valence-electron chi connectivity index (χ2n) is 14.0. The maximum absolute atomic E-state index is 14.3. The SMILES string of the molecule is O=C1NC(=O)N(c2cc3c4c(c2)[C@H](c2ccccc2)CCN4CC[C@@H]3c2ccccc2)C(=O)/C1=C/c1ccc(OCc2cccc3ccccc23)c(Br)c1. The van der Waals surface area contributed by atoms with Gasteiger partial charge in [-0.2, -0.15) is 0 Å². The predicted molar refractivity (Wildman–Crippen MR) is 216 cm³/mol. The molecule has 3 heterocycles. The van der Waals surface area contributed by atoms with Crippen LogP contribution in [-0.2, 0) is 16.2 Å². The highest BCUT2D eigenvalue weighted by atomic mass is 79.9. The van der Waals surface area contributed by atoms with Crippen molar-refractivity contribution in [3.63, 3.8) is 0 Å². The first kappa shape index (κ1) is 33.8. The lowest BCUT2D eigenvalue weighted by atomic mass is 9.76. The molecule has 0 radical (unpaired) electrons. The maximum atomic E-state index is 14.3. The molecule has 0 aliphatic carbocycles. The van der Waals surface area contributed by atoms with Gasteiger partial charge in [0, 0.05) is 30.6 Å². The molecule has 0 spiro atoms. The van der Waals surface area contributed by atoms with E-state index in [0.717, 1.165) is 58.3 Å². The molecule has 1 fully saturated rings. The van der Waals surface area contributed by atoms with E-state index in [1.54, 1.807) is 12.1 Å². The van der Waals surface area contributed by atoms with Crippen molar-refractivity contribution in [1.82, 2.24) is 5.32 Å². The summed E-state index contributed by atoms with van der Waals surface area (Å²) in [7, 11) is 0. The molecule has 0 saturated carbocycles. The van der Waals surface area contributed by atoms with Gasteiger partial charge in [0.2, 0.25) is 0 Å². The summed E-state index contributed by atoms with van der Waals surface area (Å²) in [6, 6.07) is 43.8. The quantitative estimate of drug-likeness (QED) is 0.129. The van der Waals surface area contributed by atoms with Crippen LogP contribution in [0, 0.1) is 0 Å². The molecule has 3 aliphatic heterocycles. The van der Waals surface area contributed by atoms with Crippen LogP contribution in [0.3, 0.4) is 0 Å². The Hall–Kier alpha value is -5.99. The largest absolute Gasteiger partial charge is 0.488 e. The van der Waals surface area contributed by atoms with Gasteiger partial charge in [-0.05, 0) is 103 Å². The van der Waals surface area contributed by atoms with Gasteiger partial charge in [-0.1, -0.05) is 109 Å². The van der Waals surface area contributed by atoms with Gasteiger partial charge >= 0.3 is 6.03 Å². The van der Waals surface area contributed by atoms with Crippen molar-refractivity contribution < 1.29 is 19.1 Å². The van der Waals surface area contributed by atoms with Crippen LogP contribution in [0.25, 0.3) is 16.8 Å². The van der Waals surface area contributed by atoms with Gasteiger partial charge in [-0.3, -0.25) is 14.9 Å². The number of halogens is 1. The number of barbiturate groups is 1. The Balaban J connectivity index is 1.06. The van der Waals surface area contributed by atoms with Gasteiger partial charge in [0.1, 0.15) is 17.9 Å². The van der Waals surface area contributed by atoms with E-state index in [0.29, 0.717) is 28.1 Å². The molecule has 4 amide bonds. The molecule has 54 heavy (non-hydrogen) atoms. The molecule has 1 saturated heterocycles. The first-order chi connectivity index (χ1) is 26.4. The van der Waals surface area contributed by atoms with E-state index in [4.69, 9.17) is 4.74 Å². The monoisotopic (exact) mass is 773 g/mol. The zero-order valence-corrected chi connectivity index (χ0v) is 31.0. The van der Waals surface area contributed by atoms with Gasteiger partial charge < -0.3 is 9.64 Å². The summed E-state index contributed by atoms with van der Waals surface area (Å²) < 4.78 is 6.87. The normalized spacial score (nSPS) is 18.8. The fourth-order valence-electron chi connectivity index (χ4n) is 8.33. The third-order valence-corrected chi connectivity index (χ3v) is 11.5. The molecule has 7 nitrogen and oxygen atoms in total. The van der Waals surface area contributed by atoms with Gasteiger partial charge in [-0.15, -0.1) is 0 Å². The first-order valence-electron chi connectivity index (χ1n) is 18.3. The van der Waals surface area contributed by atoms with Crippen LogP contribution in [0.5, 0.6) is 5.75 Å². The van der Waals surface area contributed by atoms with Crippen molar-refractivity contribution in [2.45, 2.75) is 31.3 Å². The zero-order valence-electron chi connectivity index (χ0n) is 29.4. The average Bonchev–Trinajstić information content (AvgIpc) is 3.20. The number of hydrogen-bond acceptors (Lipinski definition) is 5. The molecule has 6 aromatic rings. The molecule has 266 valence electrons. The summed E-state index contributed by atoms with van der Waals surface area (Å²) in [5, 5.41) is 4.72. The number of hydrogen-bond donors (Lipinski definition) is 1. The number of fused-ring (bicyclic) bond motifs is 1. The van der Waals surface area contributed by atoms with Crippen LogP contribution in [-0.4, -0.2) is 30.9 Å². The van der Waals surface area contributed by atoms with Crippen molar-refractivity contribution in [3.05, 3.63) is 177 Å². The topological polar surface area (TPSA) is 79.0 Å². The number of amides is 4. The van der Waals surface area contributed by atoms with Crippen molar-refractivity contribution in [2.75, 3.05) is 22.9 Å². The molecule has 8 heteroatoms. The molecule has 0 aromatic heterocycles. The number of urea groups is 1. The van der Waals surface area contributed by atoms with Crippen molar-refractivity contribution in [1.29, 1.82) is 0 Å². The van der Waals surface area contributed by atoms with E-state index in [1.807, 2.05) is 54.6 Å². The number of nitrogens with zero attached hydrogens (tertiary/aromatic N) is 2. The van der Waals surface area contributed by atoms with Crippen molar-refractivity contribution in [2.24, 2.45) is 0 Å². The van der Waals surface area contributed by atoms with Crippen LogP contribution in [0.15, 0.2) is 144 Å². The minimum absolute atomic E-state index is 0.0870. The first-order valence-corrected chi connectivity index (χ1v) is 19.1. The van der Waals surface area contributed by atoms with E-state index in [1.165, 1.54) is 22.9 Å². The summed E-state index contributed by atoms with van der Waals surface area (Å²) >= 11 is 3.63. The molecule has 6 aromatic carbocycles. The predicted octanol–water partition coefficient (Wildman–Crippen LogP) is 9.73. The van der Waals surface area contributed by atoms with Crippen LogP contribution in [0.2, 0.25) is 0 Å². The third-order valence-electron chi connectivity index (χ3n) is 10.9. The second kappa shape index (κ2) is 14.1. The second-order valence-corrected chi connectivity index (χ2v) is 14.9. The van der Waals surface area contributed by atoms with E-state index in [9.17, 15) is 14.4 Å². The number of carbonyl (C=O) groups is 3. The van der Waals surface area contributed by atoms with Crippen LogP contribution < -0.4 is 19.9 Å². The summed E-state index contributed by atoms with van der Waals surface area (Å²) in [4.78, 5) is 44.9. The molecular weight excluding hydrogens is 738 g/mol. The minimum atomic E-state index is -0.760. The van der Waals surface area contributed by atoms with E-state index >= 15 is 0 Å². The highest BCUT2D eigenvalue weighted by Crippen LogP contribution is 2.50. The maximum Gasteiger partial charge on any atom is 0.335 e. The lowest BCUT2D eigenvalue weighted by Gasteiger charge is -2.44. The van der Waals surface area contributed by atoms with Crippen LogP contribution in [0.1, 0.15) is 58.1 Å². The average molecular weight is 775 g/mol. The molecule has 9 rings (SSSR count). The Bertz CT molecular complexity index is 2400. The smallest absolute Gasteiger partial charge is 0.335 e. The Labute approximate surface area is 322 Å². The van der Waals surface area contributed by atoms with Gasteiger partial charge in [0.25, 0.3) is 11.8 Å². The summed E-state index contributed by atoms with van der Waals surface area (Å²) in [6.45, 7) is 2.22. The molecule has 1 N–H and O–H groups in total. The van der Waals surface area contributed by atoms with Crippen molar-refractivity contribution >= 4 is 62.0 Å². The van der Waals surface area contributed by atoms with Crippen LogP contribution >= 0.6 is 15.9 Å². The fraction of sp³-hybridized carbons (Fsp3) is 0.152. The fourth-order valence-corrected chi connectivity index (χ4v) is 8.84. The number of rotatable bonds is 7. The molecule has 3 aliphatic rings. The summed E-state index contributed by atoms with van der Waals surface area (Å²) in [6.07, 6.45) is 3.35. The number of ether oxygens (including phenoxy) is 1. The van der Waals surface area contributed by atoms with Gasteiger partial charge in [-0.25, -0.2) is 9.69 Å². The Morgan fingerprint density at radius 3 is 2.02 bits per heavy atom. The number of anilines is 2. The summed E-state index contributed by atoms with van der Waals surface area (Å²) in [5.41, 5.74) is 7.75. The van der Waals surface area contributed by atoms with E-state index in [-0.39, 0.29) is 17.4 Å². The molecular formula is C46H36BrN3O4. The van der Waals surface area contributed by atoms with E-state index < -0.39 is 17.8 Å². The summed E-state index contributed by atoms with van der Waals surface area (Å²) in [5.74, 6) is -0.602. The Morgan fingerprint density at radius 2 is 1.35 bits per heavy atom. The van der Waals surface area contributed by atoms with Gasteiger partial charge in [0.15, 0.2) is 0 Å². The zero-order chi connectivity index (χ0) is 36.8. The standard InChI is InChI=1S/C46H36BrN3O4/c47-41-25-29(18-19-42(41)54-28-33-16-9-15-30-14-7-8-17-35(30)33)24-40-44(51)48-46(53)50(45(40)52)34-26-38-36(31-10-3-1-4-11-31)20-22-49-23-21-37(39(27-34)43(38)49)32-12-5-2-6-13-32/h1-19,24-27,36-37H,20-23,28H2,(H,48,51,53)/b40-24+/t36-,37+. The highest BCUT2D eigenvalue weighted by molar-refractivity contribution is 9.10. The molecule has 0 bridgehead atoms. The number of carbonyl (C=O) groups excluding carboxylic acids is 3. The van der Waals surface area contributed by atoms with Crippen LogP contribution in [0.4, 0.5) is 16.2 Å². The van der Waals surface area contributed by atoms with Gasteiger partial charge in [0.05, 0.1) is 10.2 Å². The Morgan fingerprint density at radius 1 is 0.722 bits per heavy atom. The third kappa shape index (κ3) is 6.16. The van der Waals surface area contributed by atoms with Crippen molar-refractivity contribution in [3.8, 4) is 5.75 Å². The highest BCUT2D eigenvalue weighted by Gasteiger charge is 2.40. The Kier molecular flexibility index (Phi) is 8.83.